The first-order chi connectivity index (χ1) is 6.04. The highest BCUT2D eigenvalue weighted by Crippen LogP contribution is 2.23. The quantitative estimate of drug-likeness (QED) is 0.713. The highest BCUT2D eigenvalue weighted by Gasteiger charge is 2.21. The Morgan fingerprint density at radius 2 is 2.15 bits per heavy atom. The Bertz CT molecular complexity index is 341. The lowest BCUT2D eigenvalue weighted by molar-refractivity contribution is 0.0982. The number of pyridine rings is 1. The minimum atomic E-state index is -3.10. The SMILES string of the molecule is NC(=O)c1ccnc(F)c1C(F)F. The van der Waals surface area contributed by atoms with Crippen LogP contribution in [0.3, 0.4) is 0 Å². The summed E-state index contributed by atoms with van der Waals surface area (Å²) in [5.74, 6) is -2.47. The van der Waals surface area contributed by atoms with Crippen molar-refractivity contribution in [1.29, 1.82) is 0 Å². The molecule has 1 heterocycles. The third-order valence-corrected chi connectivity index (χ3v) is 1.43. The molecule has 0 unspecified atom stereocenters. The molecule has 1 amide bonds. The number of nitrogens with zero attached hydrogens (tertiary/aromatic N) is 1. The Morgan fingerprint density at radius 3 is 2.54 bits per heavy atom. The standard InChI is InChI=1S/C7H5F3N2O/c8-5(9)4-3(7(11)13)1-2-12-6(4)10/h1-2,5H,(H2,11,13). The van der Waals surface area contributed by atoms with Gasteiger partial charge in [0.25, 0.3) is 6.43 Å². The summed E-state index contributed by atoms with van der Waals surface area (Å²) >= 11 is 0. The Balaban J connectivity index is 3.34. The van der Waals surface area contributed by atoms with Gasteiger partial charge in [-0.3, -0.25) is 4.79 Å². The second-order valence-electron chi connectivity index (χ2n) is 2.23. The van der Waals surface area contributed by atoms with Crippen LogP contribution >= 0.6 is 0 Å². The molecule has 0 bridgehead atoms. The summed E-state index contributed by atoms with van der Waals surface area (Å²) < 4.78 is 37.0. The highest BCUT2D eigenvalue weighted by molar-refractivity contribution is 5.94. The van der Waals surface area contributed by atoms with Gasteiger partial charge in [-0.2, -0.15) is 4.39 Å². The van der Waals surface area contributed by atoms with Crippen LogP contribution in [0, 0.1) is 5.95 Å². The van der Waals surface area contributed by atoms with Crippen LogP contribution in [0.5, 0.6) is 0 Å². The van der Waals surface area contributed by atoms with Gasteiger partial charge in [-0.1, -0.05) is 0 Å². The molecule has 1 rings (SSSR count). The zero-order chi connectivity index (χ0) is 10.0. The van der Waals surface area contributed by atoms with Gasteiger partial charge in [-0.05, 0) is 6.07 Å². The van der Waals surface area contributed by atoms with Crippen molar-refractivity contribution in [2.75, 3.05) is 0 Å². The van der Waals surface area contributed by atoms with Gasteiger partial charge >= 0.3 is 0 Å². The molecule has 0 aliphatic heterocycles. The summed E-state index contributed by atoms with van der Waals surface area (Å²) in [5, 5.41) is 0. The third kappa shape index (κ3) is 1.77. The fourth-order valence-corrected chi connectivity index (χ4v) is 0.870. The van der Waals surface area contributed by atoms with Crippen LogP contribution in [0.4, 0.5) is 13.2 Å². The van der Waals surface area contributed by atoms with Crippen molar-refractivity contribution in [1.82, 2.24) is 4.98 Å². The van der Waals surface area contributed by atoms with E-state index in [2.05, 4.69) is 4.98 Å². The first kappa shape index (κ1) is 9.50. The number of hydrogen-bond donors (Lipinski definition) is 1. The molecule has 1 aromatic rings. The van der Waals surface area contributed by atoms with Crippen LogP contribution in [0.1, 0.15) is 22.3 Å². The molecule has 2 N–H and O–H groups in total. The van der Waals surface area contributed by atoms with Crippen molar-refractivity contribution < 1.29 is 18.0 Å². The third-order valence-electron chi connectivity index (χ3n) is 1.43. The summed E-state index contributed by atoms with van der Waals surface area (Å²) in [6, 6.07) is 0.951. The summed E-state index contributed by atoms with van der Waals surface area (Å²) in [6.07, 6.45) is -2.20. The van der Waals surface area contributed by atoms with E-state index in [1.807, 2.05) is 0 Å². The number of aromatic nitrogens is 1. The van der Waals surface area contributed by atoms with E-state index in [1.54, 1.807) is 0 Å². The normalized spacial score (nSPS) is 10.5. The molecule has 13 heavy (non-hydrogen) atoms. The number of carbonyl (C=O) groups is 1. The lowest BCUT2D eigenvalue weighted by Crippen LogP contribution is -2.15. The monoisotopic (exact) mass is 190 g/mol. The number of rotatable bonds is 2. The molecule has 6 heteroatoms. The summed E-state index contributed by atoms with van der Waals surface area (Å²) in [5.41, 5.74) is 3.17. The molecule has 0 aliphatic carbocycles. The number of amides is 1. The van der Waals surface area contributed by atoms with Crippen LogP contribution in [-0.2, 0) is 0 Å². The van der Waals surface area contributed by atoms with Gasteiger partial charge in [0.1, 0.15) is 0 Å². The van der Waals surface area contributed by atoms with Gasteiger partial charge in [0.15, 0.2) is 0 Å². The Kier molecular flexibility index (Phi) is 2.50. The van der Waals surface area contributed by atoms with Crippen molar-refractivity contribution >= 4 is 5.91 Å². The number of hydrogen-bond acceptors (Lipinski definition) is 2. The first-order valence-corrected chi connectivity index (χ1v) is 3.26. The van der Waals surface area contributed by atoms with Crippen LogP contribution in [0.2, 0.25) is 0 Å². The van der Waals surface area contributed by atoms with Gasteiger partial charge < -0.3 is 5.73 Å². The Morgan fingerprint density at radius 1 is 1.54 bits per heavy atom. The molecule has 0 saturated carbocycles. The molecule has 0 aromatic carbocycles. The van der Waals surface area contributed by atoms with E-state index in [-0.39, 0.29) is 0 Å². The second kappa shape index (κ2) is 3.42. The topological polar surface area (TPSA) is 56.0 Å². The van der Waals surface area contributed by atoms with Crippen LogP contribution in [0.15, 0.2) is 12.3 Å². The molecular formula is C7H5F3N2O. The van der Waals surface area contributed by atoms with Crippen molar-refractivity contribution in [2.24, 2.45) is 5.73 Å². The largest absolute Gasteiger partial charge is 0.366 e. The predicted octanol–water partition coefficient (Wildman–Crippen LogP) is 1.26. The average Bonchev–Trinajstić information content (AvgIpc) is 2.02. The van der Waals surface area contributed by atoms with E-state index >= 15 is 0 Å². The molecule has 0 aliphatic rings. The molecule has 0 saturated heterocycles. The molecule has 1 aromatic heterocycles. The fraction of sp³-hybridized carbons (Fsp3) is 0.143. The van der Waals surface area contributed by atoms with Crippen molar-refractivity contribution in [3.63, 3.8) is 0 Å². The number of carbonyl (C=O) groups excluding carboxylic acids is 1. The van der Waals surface area contributed by atoms with Crippen molar-refractivity contribution in [3.05, 3.63) is 29.3 Å². The highest BCUT2D eigenvalue weighted by atomic mass is 19.3. The molecule has 70 valence electrons. The zero-order valence-electron chi connectivity index (χ0n) is 6.30. The summed E-state index contributed by atoms with van der Waals surface area (Å²) in [6.45, 7) is 0. The zero-order valence-corrected chi connectivity index (χ0v) is 6.30. The summed E-state index contributed by atoms with van der Waals surface area (Å²) in [7, 11) is 0. The molecule has 3 nitrogen and oxygen atoms in total. The number of alkyl halides is 2. The van der Waals surface area contributed by atoms with E-state index in [9.17, 15) is 18.0 Å². The van der Waals surface area contributed by atoms with Gasteiger partial charge in [0.2, 0.25) is 11.9 Å². The van der Waals surface area contributed by atoms with E-state index in [0.717, 1.165) is 12.3 Å². The molecule has 0 spiro atoms. The fourth-order valence-electron chi connectivity index (χ4n) is 0.870. The lowest BCUT2D eigenvalue weighted by Gasteiger charge is -2.04. The predicted molar refractivity (Wildman–Crippen MR) is 37.7 cm³/mol. The Labute approximate surface area is 71.4 Å². The van der Waals surface area contributed by atoms with Crippen molar-refractivity contribution in [3.8, 4) is 0 Å². The van der Waals surface area contributed by atoms with E-state index < -0.39 is 29.4 Å². The van der Waals surface area contributed by atoms with Gasteiger partial charge in [-0.15, -0.1) is 0 Å². The minimum Gasteiger partial charge on any atom is -0.366 e. The van der Waals surface area contributed by atoms with Gasteiger partial charge in [0.05, 0.1) is 11.1 Å². The van der Waals surface area contributed by atoms with Crippen LogP contribution < -0.4 is 5.73 Å². The van der Waals surface area contributed by atoms with Crippen LogP contribution in [0.25, 0.3) is 0 Å². The number of nitrogens with two attached hydrogens (primary N) is 1. The van der Waals surface area contributed by atoms with E-state index in [1.165, 1.54) is 0 Å². The lowest BCUT2D eigenvalue weighted by atomic mass is 10.1. The maximum Gasteiger partial charge on any atom is 0.269 e. The first-order valence-electron chi connectivity index (χ1n) is 3.26. The van der Waals surface area contributed by atoms with E-state index in [4.69, 9.17) is 5.73 Å². The smallest absolute Gasteiger partial charge is 0.269 e. The molecule has 0 fully saturated rings. The maximum absolute atomic E-state index is 12.7. The summed E-state index contributed by atoms with van der Waals surface area (Å²) in [4.78, 5) is 13.6. The molecule has 0 radical (unpaired) electrons. The average molecular weight is 190 g/mol. The minimum absolute atomic E-state index is 0.539. The van der Waals surface area contributed by atoms with Gasteiger partial charge in [-0.25, -0.2) is 13.8 Å². The Hall–Kier alpha value is -1.59. The van der Waals surface area contributed by atoms with E-state index in [0.29, 0.717) is 0 Å². The maximum atomic E-state index is 12.7. The molecule has 0 atom stereocenters. The molecular weight excluding hydrogens is 185 g/mol. The van der Waals surface area contributed by atoms with Crippen LogP contribution in [-0.4, -0.2) is 10.9 Å². The second-order valence-corrected chi connectivity index (χ2v) is 2.23. The van der Waals surface area contributed by atoms with Crippen molar-refractivity contribution in [2.45, 2.75) is 6.43 Å². The van der Waals surface area contributed by atoms with Gasteiger partial charge in [0, 0.05) is 6.20 Å². The number of halogens is 3. The number of primary amides is 1.